The van der Waals surface area contributed by atoms with Gasteiger partial charge in [-0.15, -0.1) is 0 Å². The van der Waals surface area contributed by atoms with Crippen molar-refractivity contribution in [3.63, 3.8) is 0 Å². The number of rotatable bonds is 32. The zero-order valence-corrected chi connectivity index (χ0v) is 30.5. The third kappa shape index (κ3) is 32.5. The van der Waals surface area contributed by atoms with E-state index in [-0.39, 0.29) is 32.0 Å². The van der Waals surface area contributed by atoms with Gasteiger partial charge in [-0.2, -0.15) is 0 Å². The lowest BCUT2D eigenvalue weighted by molar-refractivity contribution is -0.870. The summed E-state index contributed by atoms with van der Waals surface area (Å²) in [5.41, 5.74) is 0. The van der Waals surface area contributed by atoms with E-state index in [2.05, 4.69) is 26.0 Å². The molecule has 0 amide bonds. The van der Waals surface area contributed by atoms with Crippen LogP contribution in [0.2, 0.25) is 0 Å². The van der Waals surface area contributed by atoms with Crippen LogP contribution in [0, 0.1) is 0 Å². The average molecular weight is 662 g/mol. The summed E-state index contributed by atoms with van der Waals surface area (Å²) in [6.07, 6.45) is 25.3. The summed E-state index contributed by atoms with van der Waals surface area (Å²) < 4.78 is 33.6. The van der Waals surface area contributed by atoms with Gasteiger partial charge in [-0.05, 0) is 32.1 Å². The third-order valence-electron chi connectivity index (χ3n) is 7.52. The van der Waals surface area contributed by atoms with E-state index in [1.807, 2.05) is 21.1 Å². The van der Waals surface area contributed by atoms with Crippen molar-refractivity contribution in [3.05, 3.63) is 12.2 Å². The van der Waals surface area contributed by atoms with Crippen LogP contribution in [0.15, 0.2) is 12.2 Å². The Morgan fingerprint density at radius 3 is 1.73 bits per heavy atom. The monoisotopic (exact) mass is 661 g/mol. The van der Waals surface area contributed by atoms with E-state index in [9.17, 15) is 19.0 Å². The molecule has 0 fully saturated rings. The Morgan fingerprint density at radius 2 is 1.18 bits per heavy atom. The van der Waals surface area contributed by atoms with Gasteiger partial charge < -0.3 is 27.9 Å². The van der Waals surface area contributed by atoms with Gasteiger partial charge in [-0.25, -0.2) is 0 Å². The van der Waals surface area contributed by atoms with Crippen LogP contribution in [0.5, 0.6) is 0 Å². The fourth-order valence-corrected chi connectivity index (χ4v) is 5.38. The van der Waals surface area contributed by atoms with Crippen LogP contribution in [0.4, 0.5) is 0 Å². The standard InChI is InChI=1S/C35H68NO8P/c1-6-8-10-12-14-16-18-20-21-23-25-27-34(37)41-31-33(32-43-45(39,40)42-30-29-36(3,4)5)44-35(38)28-26-24-22-19-17-15-13-11-9-7-2/h11,13,33H,6-10,12,14-32H2,1-5H3/b13-11-. The second kappa shape index (κ2) is 28.9. The van der Waals surface area contributed by atoms with Gasteiger partial charge >= 0.3 is 11.9 Å². The van der Waals surface area contributed by atoms with Crippen molar-refractivity contribution >= 4 is 19.8 Å². The van der Waals surface area contributed by atoms with Crippen LogP contribution >= 0.6 is 7.82 Å². The first-order valence-electron chi connectivity index (χ1n) is 17.9. The maximum atomic E-state index is 12.5. The molecule has 0 spiro atoms. The molecule has 2 atom stereocenters. The molecule has 0 rings (SSSR count). The molecule has 0 aromatic rings. The number of phosphoric acid groups is 1. The first kappa shape index (κ1) is 43.8. The first-order valence-corrected chi connectivity index (χ1v) is 19.4. The maximum Gasteiger partial charge on any atom is 0.306 e. The molecule has 0 aliphatic rings. The van der Waals surface area contributed by atoms with E-state index in [0.29, 0.717) is 17.4 Å². The summed E-state index contributed by atoms with van der Waals surface area (Å²) >= 11 is 0. The molecule has 0 aliphatic heterocycles. The molecule has 0 aromatic heterocycles. The highest BCUT2D eigenvalue weighted by Gasteiger charge is 2.21. The molecular weight excluding hydrogens is 593 g/mol. The highest BCUT2D eigenvalue weighted by molar-refractivity contribution is 7.45. The van der Waals surface area contributed by atoms with Gasteiger partial charge in [0.25, 0.3) is 7.82 Å². The number of quaternary nitrogens is 1. The summed E-state index contributed by atoms with van der Waals surface area (Å²) in [6, 6.07) is 0. The third-order valence-corrected chi connectivity index (χ3v) is 8.48. The fraction of sp³-hybridized carbons (Fsp3) is 0.886. The Morgan fingerprint density at radius 1 is 0.667 bits per heavy atom. The minimum atomic E-state index is -4.61. The maximum absolute atomic E-state index is 12.5. The van der Waals surface area contributed by atoms with Gasteiger partial charge in [-0.1, -0.05) is 116 Å². The van der Waals surface area contributed by atoms with Crippen LogP contribution in [0.25, 0.3) is 0 Å². The van der Waals surface area contributed by atoms with Gasteiger partial charge in [0, 0.05) is 12.8 Å². The van der Waals surface area contributed by atoms with E-state index >= 15 is 0 Å². The Kier molecular flexibility index (Phi) is 28.1. The van der Waals surface area contributed by atoms with Gasteiger partial charge in [0.05, 0.1) is 27.7 Å². The quantitative estimate of drug-likeness (QED) is 0.0232. The van der Waals surface area contributed by atoms with E-state index in [1.54, 1.807) is 0 Å². The number of nitrogens with zero attached hydrogens (tertiary/aromatic N) is 1. The van der Waals surface area contributed by atoms with Crippen LogP contribution in [-0.2, 0) is 32.7 Å². The number of carbonyl (C=O) groups excluding carboxylic acids is 2. The minimum absolute atomic E-state index is 0.0301. The van der Waals surface area contributed by atoms with E-state index in [1.165, 1.54) is 57.8 Å². The molecule has 0 aromatic carbocycles. The number of esters is 2. The molecule has 0 N–H and O–H groups in total. The summed E-state index contributed by atoms with van der Waals surface area (Å²) in [7, 11) is 1.16. The first-order chi connectivity index (χ1) is 21.5. The number of hydrogen-bond acceptors (Lipinski definition) is 8. The summed E-state index contributed by atoms with van der Waals surface area (Å²) in [6.45, 7) is 4.12. The van der Waals surface area contributed by atoms with Crippen molar-refractivity contribution in [1.29, 1.82) is 0 Å². The van der Waals surface area contributed by atoms with Crippen LogP contribution in [0.1, 0.15) is 149 Å². The van der Waals surface area contributed by atoms with Crippen molar-refractivity contribution in [2.45, 2.75) is 155 Å². The normalized spacial score (nSPS) is 14.0. The van der Waals surface area contributed by atoms with Gasteiger partial charge in [0.1, 0.15) is 19.8 Å². The van der Waals surface area contributed by atoms with Gasteiger partial charge in [0.2, 0.25) is 0 Å². The molecule has 266 valence electrons. The van der Waals surface area contributed by atoms with E-state index in [0.717, 1.165) is 57.8 Å². The molecule has 0 saturated heterocycles. The molecule has 0 bridgehead atoms. The van der Waals surface area contributed by atoms with Crippen molar-refractivity contribution in [2.75, 3.05) is 47.5 Å². The predicted molar refractivity (Wildman–Crippen MR) is 181 cm³/mol. The van der Waals surface area contributed by atoms with Gasteiger partial charge in [-0.3, -0.25) is 14.2 Å². The highest BCUT2D eigenvalue weighted by Crippen LogP contribution is 2.38. The average Bonchev–Trinajstić information content (AvgIpc) is 2.97. The van der Waals surface area contributed by atoms with Gasteiger partial charge in [0.15, 0.2) is 6.10 Å². The van der Waals surface area contributed by atoms with Crippen molar-refractivity contribution in [2.24, 2.45) is 0 Å². The Hall–Kier alpha value is -1.25. The predicted octanol–water partition coefficient (Wildman–Crippen LogP) is 8.44. The largest absolute Gasteiger partial charge is 0.756 e. The SMILES string of the molecule is CCC/C=C\CCCCCCCC(=O)OC(COC(=O)CCCCCCCCCCCCC)COP(=O)([O-])OCC[N+](C)(C)C. The summed E-state index contributed by atoms with van der Waals surface area (Å²) in [5.74, 6) is -0.847. The second-order valence-corrected chi connectivity index (χ2v) is 14.6. The number of likely N-dealkylation sites (N-methyl/N-ethyl adjacent to an activating group) is 1. The molecule has 0 aliphatic carbocycles. The minimum Gasteiger partial charge on any atom is -0.756 e. The Balaban J connectivity index is 4.48. The number of hydrogen-bond donors (Lipinski definition) is 0. The Bertz CT molecular complexity index is 799. The number of carbonyl (C=O) groups is 2. The molecular formula is C35H68NO8P. The van der Waals surface area contributed by atoms with Crippen LogP contribution in [0.3, 0.4) is 0 Å². The lowest BCUT2D eigenvalue weighted by Crippen LogP contribution is -2.37. The molecule has 10 heteroatoms. The number of phosphoric ester groups is 1. The summed E-state index contributed by atoms with van der Waals surface area (Å²) in [4.78, 5) is 37.1. The molecule has 0 saturated carbocycles. The van der Waals surface area contributed by atoms with Crippen molar-refractivity contribution in [3.8, 4) is 0 Å². The zero-order valence-electron chi connectivity index (χ0n) is 29.6. The summed E-state index contributed by atoms with van der Waals surface area (Å²) in [5, 5.41) is 0. The van der Waals surface area contributed by atoms with Crippen LogP contribution in [-0.4, -0.2) is 70.0 Å². The molecule has 0 radical (unpaired) electrons. The fourth-order valence-electron chi connectivity index (χ4n) is 4.65. The van der Waals surface area contributed by atoms with Crippen LogP contribution < -0.4 is 4.89 Å². The molecule has 9 nitrogen and oxygen atoms in total. The van der Waals surface area contributed by atoms with E-state index < -0.39 is 26.5 Å². The van der Waals surface area contributed by atoms with E-state index in [4.69, 9.17) is 18.5 Å². The lowest BCUT2D eigenvalue weighted by Gasteiger charge is -2.28. The number of allylic oxidation sites excluding steroid dienone is 2. The highest BCUT2D eigenvalue weighted by atomic mass is 31.2. The molecule has 0 heterocycles. The lowest BCUT2D eigenvalue weighted by atomic mass is 10.1. The molecule has 45 heavy (non-hydrogen) atoms. The smallest absolute Gasteiger partial charge is 0.306 e. The number of unbranched alkanes of at least 4 members (excludes halogenated alkanes) is 16. The molecule has 2 unspecified atom stereocenters. The second-order valence-electron chi connectivity index (χ2n) is 13.2. The number of ether oxygens (including phenoxy) is 2. The van der Waals surface area contributed by atoms with Crippen molar-refractivity contribution < 1.29 is 42.1 Å². The Labute approximate surface area is 276 Å². The zero-order chi connectivity index (χ0) is 33.7. The topological polar surface area (TPSA) is 111 Å². The van der Waals surface area contributed by atoms with Crippen molar-refractivity contribution in [1.82, 2.24) is 0 Å².